The number of hydrogen-bond acceptors (Lipinski definition) is 4. The molecule has 1 aromatic rings. The van der Waals surface area contributed by atoms with E-state index >= 15 is 0 Å². The van der Waals surface area contributed by atoms with Crippen LogP contribution in [-0.2, 0) is 6.42 Å². The number of thiazole rings is 1. The van der Waals surface area contributed by atoms with Gasteiger partial charge in [-0.15, -0.1) is 0 Å². The minimum atomic E-state index is -0.853. The standard InChI is InChI=1S/C13H20N2O2S/c1-4-10-11(12(16)17)18-13(14-10)15-7-8(2)5-6-9(15)3/h8-9H,4-7H2,1-3H3,(H,16,17). The van der Waals surface area contributed by atoms with Crippen molar-refractivity contribution in [3.63, 3.8) is 0 Å². The van der Waals surface area contributed by atoms with Crippen LogP contribution in [0, 0.1) is 5.92 Å². The lowest BCUT2D eigenvalue weighted by atomic mass is 9.96. The van der Waals surface area contributed by atoms with Crippen molar-refractivity contribution in [2.24, 2.45) is 5.92 Å². The molecule has 1 N–H and O–H groups in total. The van der Waals surface area contributed by atoms with Crippen molar-refractivity contribution < 1.29 is 9.90 Å². The number of aryl methyl sites for hydroxylation is 1. The second-order valence-corrected chi connectivity index (χ2v) is 6.09. The molecule has 0 aliphatic carbocycles. The topological polar surface area (TPSA) is 53.4 Å². The minimum Gasteiger partial charge on any atom is -0.477 e. The number of carboxylic acids is 1. The van der Waals surface area contributed by atoms with Crippen molar-refractivity contribution in [1.29, 1.82) is 0 Å². The molecule has 4 nitrogen and oxygen atoms in total. The molecule has 0 bridgehead atoms. The van der Waals surface area contributed by atoms with E-state index < -0.39 is 5.97 Å². The molecule has 1 fully saturated rings. The van der Waals surface area contributed by atoms with E-state index in [4.69, 9.17) is 0 Å². The molecule has 18 heavy (non-hydrogen) atoms. The first-order valence-corrected chi connectivity index (χ1v) is 7.34. The summed E-state index contributed by atoms with van der Waals surface area (Å²) in [5, 5.41) is 10.1. The SMILES string of the molecule is CCc1nc(N2CC(C)CCC2C)sc1C(=O)O. The zero-order valence-electron chi connectivity index (χ0n) is 11.1. The van der Waals surface area contributed by atoms with Crippen molar-refractivity contribution in [2.75, 3.05) is 11.4 Å². The highest BCUT2D eigenvalue weighted by Crippen LogP contribution is 2.32. The molecule has 0 aromatic carbocycles. The average molecular weight is 268 g/mol. The molecule has 2 rings (SSSR count). The maximum Gasteiger partial charge on any atom is 0.347 e. The van der Waals surface area contributed by atoms with Crippen molar-refractivity contribution >= 4 is 22.4 Å². The molecule has 100 valence electrons. The quantitative estimate of drug-likeness (QED) is 0.915. The second-order valence-electron chi connectivity index (χ2n) is 5.11. The normalized spacial score (nSPS) is 24.3. The van der Waals surface area contributed by atoms with Crippen molar-refractivity contribution in [1.82, 2.24) is 4.98 Å². The van der Waals surface area contributed by atoms with Crippen LogP contribution < -0.4 is 4.90 Å². The molecule has 2 atom stereocenters. The summed E-state index contributed by atoms with van der Waals surface area (Å²) in [6.07, 6.45) is 3.08. The Balaban J connectivity index is 2.29. The molecule has 1 aliphatic rings. The monoisotopic (exact) mass is 268 g/mol. The summed E-state index contributed by atoms with van der Waals surface area (Å²) in [5.41, 5.74) is 0.716. The number of nitrogens with zero attached hydrogens (tertiary/aromatic N) is 2. The zero-order valence-corrected chi connectivity index (χ0v) is 12.0. The Labute approximate surface area is 112 Å². The number of hydrogen-bond donors (Lipinski definition) is 1. The first-order valence-electron chi connectivity index (χ1n) is 6.52. The molecule has 2 unspecified atom stereocenters. The number of aromatic nitrogens is 1. The molecule has 5 heteroatoms. The van der Waals surface area contributed by atoms with Gasteiger partial charge in [-0.05, 0) is 32.1 Å². The number of anilines is 1. The van der Waals surface area contributed by atoms with E-state index in [1.165, 1.54) is 17.8 Å². The van der Waals surface area contributed by atoms with Crippen LogP contribution in [0.2, 0.25) is 0 Å². The van der Waals surface area contributed by atoms with Gasteiger partial charge in [0.25, 0.3) is 0 Å². The third kappa shape index (κ3) is 2.51. The highest BCUT2D eigenvalue weighted by atomic mass is 32.1. The molecule has 1 aliphatic heterocycles. The zero-order chi connectivity index (χ0) is 13.3. The van der Waals surface area contributed by atoms with Crippen LogP contribution in [0.3, 0.4) is 0 Å². The van der Waals surface area contributed by atoms with E-state index in [2.05, 4.69) is 23.7 Å². The largest absolute Gasteiger partial charge is 0.477 e. The molecule has 1 saturated heterocycles. The minimum absolute atomic E-state index is 0.401. The van der Waals surface area contributed by atoms with Gasteiger partial charge in [-0.2, -0.15) is 0 Å². The third-order valence-corrected chi connectivity index (χ3v) is 4.70. The van der Waals surface area contributed by atoms with E-state index in [9.17, 15) is 9.90 Å². The lowest BCUT2D eigenvalue weighted by molar-refractivity contribution is 0.0701. The van der Waals surface area contributed by atoms with Gasteiger partial charge in [-0.25, -0.2) is 9.78 Å². The third-order valence-electron chi connectivity index (χ3n) is 3.58. The predicted molar refractivity (Wildman–Crippen MR) is 73.7 cm³/mol. The fraction of sp³-hybridized carbons (Fsp3) is 0.692. The van der Waals surface area contributed by atoms with Crippen LogP contribution in [0.25, 0.3) is 0 Å². The lowest BCUT2D eigenvalue weighted by Gasteiger charge is -2.36. The molecule has 2 heterocycles. The fourth-order valence-electron chi connectivity index (χ4n) is 2.42. The Hall–Kier alpha value is -1.10. The summed E-state index contributed by atoms with van der Waals surface area (Å²) < 4.78 is 0. The maximum absolute atomic E-state index is 11.2. The molecule has 0 spiro atoms. The first kappa shape index (κ1) is 13.3. The van der Waals surface area contributed by atoms with Crippen LogP contribution in [0.1, 0.15) is 49.0 Å². The van der Waals surface area contributed by atoms with E-state index in [1.807, 2.05) is 6.92 Å². The Morgan fingerprint density at radius 3 is 2.78 bits per heavy atom. The Morgan fingerprint density at radius 2 is 2.22 bits per heavy atom. The summed E-state index contributed by atoms with van der Waals surface area (Å²) in [7, 11) is 0. The number of piperidine rings is 1. The van der Waals surface area contributed by atoms with Crippen LogP contribution in [0.4, 0.5) is 5.13 Å². The first-order chi connectivity index (χ1) is 8.52. The van der Waals surface area contributed by atoms with Crippen LogP contribution in [0.5, 0.6) is 0 Å². The molecule has 0 radical (unpaired) electrons. The number of carbonyl (C=O) groups is 1. The van der Waals surface area contributed by atoms with Crippen LogP contribution in [0.15, 0.2) is 0 Å². The van der Waals surface area contributed by atoms with E-state index in [0.717, 1.165) is 18.1 Å². The second kappa shape index (κ2) is 5.26. The summed E-state index contributed by atoms with van der Waals surface area (Å²) >= 11 is 1.32. The van der Waals surface area contributed by atoms with Gasteiger partial charge in [0.2, 0.25) is 0 Å². The van der Waals surface area contributed by atoms with Crippen LogP contribution >= 0.6 is 11.3 Å². The fourth-order valence-corrected chi connectivity index (χ4v) is 3.53. The maximum atomic E-state index is 11.2. The van der Waals surface area contributed by atoms with Crippen molar-refractivity contribution in [3.05, 3.63) is 10.6 Å². The lowest BCUT2D eigenvalue weighted by Crippen LogP contribution is -2.41. The van der Waals surface area contributed by atoms with E-state index in [1.54, 1.807) is 0 Å². The summed E-state index contributed by atoms with van der Waals surface area (Å²) in [5.74, 6) is -0.197. The molecule has 0 amide bonds. The van der Waals surface area contributed by atoms with Gasteiger partial charge in [0, 0.05) is 12.6 Å². The molecular formula is C13H20N2O2S. The van der Waals surface area contributed by atoms with Gasteiger partial charge < -0.3 is 10.0 Å². The van der Waals surface area contributed by atoms with Gasteiger partial charge in [-0.3, -0.25) is 0 Å². The summed E-state index contributed by atoms with van der Waals surface area (Å²) in [4.78, 5) is 18.4. The smallest absolute Gasteiger partial charge is 0.347 e. The average Bonchev–Trinajstić information content (AvgIpc) is 2.76. The van der Waals surface area contributed by atoms with Gasteiger partial charge in [-0.1, -0.05) is 25.2 Å². The number of aromatic carboxylic acids is 1. The summed E-state index contributed by atoms with van der Waals surface area (Å²) in [6.45, 7) is 7.37. The number of rotatable bonds is 3. The van der Waals surface area contributed by atoms with E-state index in [0.29, 0.717) is 29.0 Å². The highest BCUT2D eigenvalue weighted by Gasteiger charge is 2.27. The van der Waals surface area contributed by atoms with Gasteiger partial charge in [0.05, 0.1) is 5.69 Å². The van der Waals surface area contributed by atoms with Gasteiger partial charge in [0.1, 0.15) is 4.88 Å². The Morgan fingerprint density at radius 1 is 1.50 bits per heavy atom. The predicted octanol–water partition coefficient (Wildman–Crippen LogP) is 3.03. The van der Waals surface area contributed by atoms with Gasteiger partial charge in [0.15, 0.2) is 5.13 Å². The molecular weight excluding hydrogens is 248 g/mol. The van der Waals surface area contributed by atoms with Gasteiger partial charge >= 0.3 is 5.97 Å². The Kier molecular flexibility index (Phi) is 3.90. The molecule has 0 saturated carbocycles. The highest BCUT2D eigenvalue weighted by molar-refractivity contribution is 7.17. The number of carboxylic acid groups (broad SMARTS) is 1. The van der Waals surface area contributed by atoms with Crippen molar-refractivity contribution in [3.8, 4) is 0 Å². The molecule has 1 aromatic heterocycles. The Bertz CT molecular complexity index is 444. The van der Waals surface area contributed by atoms with Crippen LogP contribution in [-0.4, -0.2) is 28.6 Å². The summed E-state index contributed by atoms with van der Waals surface area (Å²) in [6, 6.07) is 0.457. The van der Waals surface area contributed by atoms with Crippen molar-refractivity contribution in [2.45, 2.75) is 46.1 Å². The van der Waals surface area contributed by atoms with E-state index in [-0.39, 0.29) is 0 Å².